The van der Waals surface area contributed by atoms with Crippen LogP contribution >= 0.6 is 0 Å². The minimum absolute atomic E-state index is 0.142. The molecule has 20 heavy (non-hydrogen) atoms. The van der Waals surface area contributed by atoms with E-state index in [1.165, 1.54) is 7.11 Å². The normalized spacial score (nSPS) is 16.6. The highest BCUT2D eigenvalue weighted by atomic mass is 16.5. The van der Waals surface area contributed by atoms with Gasteiger partial charge < -0.3 is 20.1 Å². The predicted octanol–water partition coefficient (Wildman–Crippen LogP) is 0.834. The van der Waals surface area contributed by atoms with E-state index in [0.717, 1.165) is 0 Å². The van der Waals surface area contributed by atoms with Gasteiger partial charge in [0, 0.05) is 18.6 Å². The fourth-order valence-corrected chi connectivity index (χ4v) is 2.28. The van der Waals surface area contributed by atoms with Gasteiger partial charge in [0.2, 0.25) is 0 Å². The number of rotatable bonds is 4. The Kier molecular flexibility index (Phi) is 5.35. The van der Waals surface area contributed by atoms with Crippen molar-refractivity contribution in [3.63, 3.8) is 0 Å². The molecule has 0 aromatic carbocycles. The summed E-state index contributed by atoms with van der Waals surface area (Å²) in [7, 11) is 1.36. The number of carbonyl (C=O) groups is 3. The van der Waals surface area contributed by atoms with Crippen molar-refractivity contribution in [1.29, 1.82) is 0 Å². The Morgan fingerprint density at radius 2 is 1.85 bits per heavy atom. The third-order valence-corrected chi connectivity index (χ3v) is 3.36. The molecule has 1 heterocycles. The van der Waals surface area contributed by atoms with Crippen molar-refractivity contribution in [3.8, 4) is 0 Å². The van der Waals surface area contributed by atoms with E-state index in [9.17, 15) is 14.4 Å². The SMILES string of the molecule is COC(=O)C1CCN(C(=O)NC(C)(C)CC(=O)O)CC1. The van der Waals surface area contributed by atoms with Crippen LogP contribution in [-0.4, -0.2) is 53.7 Å². The molecule has 1 aliphatic rings. The van der Waals surface area contributed by atoms with Crippen LogP contribution in [0.4, 0.5) is 4.79 Å². The predicted molar refractivity (Wildman–Crippen MR) is 71.2 cm³/mol. The second kappa shape index (κ2) is 6.58. The van der Waals surface area contributed by atoms with Crippen molar-refractivity contribution in [1.82, 2.24) is 10.2 Å². The molecule has 0 radical (unpaired) electrons. The lowest BCUT2D eigenvalue weighted by atomic mass is 9.97. The van der Waals surface area contributed by atoms with Crippen molar-refractivity contribution in [2.24, 2.45) is 5.92 Å². The van der Waals surface area contributed by atoms with E-state index >= 15 is 0 Å². The van der Waals surface area contributed by atoms with Crippen molar-refractivity contribution >= 4 is 18.0 Å². The van der Waals surface area contributed by atoms with Crippen LogP contribution in [-0.2, 0) is 14.3 Å². The summed E-state index contributed by atoms with van der Waals surface area (Å²) in [5, 5.41) is 11.5. The fourth-order valence-electron chi connectivity index (χ4n) is 2.28. The number of aliphatic carboxylic acids is 1. The number of likely N-dealkylation sites (tertiary alicyclic amines) is 1. The highest BCUT2D eigenvalue weighted by Gasteiger charge is 2.31. The molecule has 0 atom stereocenters. The van der Waals surface area contributed by atoms with E-state index in [0.29, 0.717) is 25.9 Å². The Labute approximate surface area is 118 Å². The molecule has 1 rings (SSSR count). The topological polar surface area (TPSA) is 95.9 Å². The molecule has 1 fully saturated rings. The smallest absolute Gasteiger partial charge is 0.317 e. The number of carbonyl (C=O) groups excluding carboxylic acids is 2. The van der Waals surface area contributed by atoms with Crippen LogP contribution in [0.3, 0.4) is 0 Å². The van der Waals surface area contributed by atoms with Crippen LogP contribution in [0.25, 0.3) is 0 Å². The maximum atomic E-state index is 12.0. The number of urea groups is 1. The number of methoxy groups -OCH3 is 1. The summed E-state index contributed by atoms with van der Waals surface area (Å²) in [5.74, 6) is -1.35. The van der Waals surface area contributed by atoms with Crippen molar-refractivity contribution < 1.29 is 24.2 Å². The number of esters is 1. The summed E-state index contributed by atoms with van der Waals surface area (Å²) < 4.78 is 4.69. The lowest BCUT2D eigenvalue weighted by Crippen LogP contribution is -2.53. The van der Waals surface area contributed by atoms with E-state index in [4.69, 9.17) is 5.11 Å². The largest absolute Gasteiger partial charge is 0.481 e. The van der Waals surface area contributed by atoms with Gasteiger partial charge in [-0.1, -0.05) is 0 Å². The molecule has 0 bridgehead atoms. The van der Waals surface area contributed by atoms with Crippen molar-refractivity contribution in [2.75, 3.05) is 20.2 Å². The number of nitrogens with one attached hydrogen (secondary N) is 1. The van der Waals surface area contributed by atoms with Crippen molar-refractivity contribution in [3.05, 3.63) is 0 Å². The summed E-state index contributed by atoms with van der Waals surface area (Å²) in [4.78, 5) is 35.7. The number of hydrogen-bond acceptors (Lipinski definition) is 4. The van der Waals surface area contributed by atoms with Crippen LogP contribution in [0.2, 0.25) is 0 Å². The number of piperidine rings is 1. The number of carboxylic acid groups (broad SMARTS) is 1. The van der Waals surface area contributed by atoms with Crippen LogP contribution in [0, 0.1) is 5.92 Å². The number of amides is 2. The molecule has 0 unspecified atom stereocenters. The zero-order valence-corrected chi connectivity index (χ0v) is 12.1. The first kappa shape index (κ1) is 16.3. The first-order valence-corrected chi connectivity index (χ1v) is 6.62. The van der Waals surface area contributed by atoms with Gasteiger partial charge >= 0.3 is 18.0 Å². The Bertz CT molecular complexity index is 386. The van der Waals surface area contributed by atoms with Gasteiger partial charge in [-0.2, -0.15) is 0 Å². The van der Waals surface area contributed by atoms with E-state index in [-0.39, 0.29) is 24.3 Å². The minimum Gasteiger partial charge on any atom is -0.481 e. The average Bonchev–Trinajstić information content (AvgIpc) is 2.35. The monoisotopic (exact) mass is 286 g/mol. The first-order chi connectivity index (χ1) is 9.25. The van der Waals surface area contributed by atoms with Gasteiger partial charge in [-0.05, 0) is 26.7 Å². The fraction of sp³-hybridized carbons (Fsp3) is 0.769. The summed E-state index contributed by atoms with van der Waals surface area (Å²) >= 11 is 0. The Balaban J connectivity index is 2.47. The molecule has 7 heteroatoms. The summed E-state index contributed by atoms with van der Waals surface area (Å²) in [6.07, 6.45) is 0.996. The third kappa shape index (κ3) is 4.71. The highest BCUT2D eigenvalue weighted by molar-refractivity contribution is 5.77. The minimum atomic E-state index is -0.959. The van der Waals surface area contributed by atoms with Gasteiger partial charge in [-0.3, -0.25) is 9.59 Å². The number of ether oxygens (including phenoxy) is 1. The molecule has 0 spiro atoms. The summed E-state index contributed by atoms with van der Waals surface area (Å²) in [6.45, 7) is 4.27. The molecule has 0 saturated carbocycles. The van der Waals surface area contributed by atoms with Gasteiger partial charge in [0.25, 0.3) is 0 Å². The number of hydrogen-bond donors (Lipinski definition) is 2. The first-order valence-electron chi connectivity index (χ1n) is 6.62. The van der Waals surface area contributed by atoms with Gasteiger partial charge in [0.1, 0.15) is 0 Å². The van der Waals surface area contributed by atoms with Crippen LogP contribution in [0.1, 0.15) is 33.1 Å². The zero-order valence-electron chi connectivity index (χ0n) is 12.1. The lowest BCUT2D eigenvalue weighted by Gasteiger charge is -2.34. The molecule has 114 valence electrons. The number of nitrogens with zero attached hydrogens (tertiary/aromatic N) is 1. The zero-order chi connectivity index (χ0) is 15.3. The molecule has 7 nitrogen and oxygen atoms in total. The quantitative estimate of drug-likeness (QED) is 0.746. The molecule has 2 N–H and O–H groups in total. The van der Waals surface area contributed by atoms with E-state index in [1.807, 2.05) is 0 Å². The lowest BCUT2D eigenvalue weighted by molar-refractivity contribution is -0.147. The van der Waals surface area contributed by atoms with Gasteiger partial charge in [-0.15, -0.1) is 0 Å². The molecule has 2 amide bonds. The Hall–Kier alpha value is -1.79. The van der Waals surface area contributed by atoms with Crippen LogP contribution < -0.4 is 5.32 Å². The molecular formula is C13H22N2O5. The number of carboxylic acids is 1. The second-order valence-electron chi connectivity index (χ2n) is 5.67. The Morgan fingerprint density at radius 1 is 1.30 bits per heavy atom. The molecule has 1 saturated heterocycles. The summed E-state index contributed by atoms with van der Waals surface area (Å²) in [5.41, 5.74) is -0.803. The molecule has 0 aliphatic carbocycles. The Morgan fingerprint density at radius 3 is 2.30 bits per heavy atom. The van der Waals surface area contributed by atoms with Crippen LogP contribution in [0.15, 0.2) is 0 Å². The van der Waals surface area contributed by atoms with E-state index in [2.05, 4.69) is 10.1 Å². The maximum absolute atomic E-state index is 12.0. The van der Waals surface area contributed by atoms with Crippen molar-refractivity contribution in [2.45, 2.75) is 38.6 Å². The second-order valence-corrected chi connectivity index (χ2v) is 5.67. The van der Waals surface area contributed by atoms with Gasteiger partial charge in [-0.25, -0.2) is 4.79 Å². The standard InChI is InChI=1S/C13H22N2O5/c1-13(2,8-10(16)17)14-12(19)15-6-4-9(5-7-15)11(18)20-3/h9H,4-8H2,1-3H3,(H,14,19)(H,16,17). The molecule has 1 aliphatic heterocycles. The third-order valence-electron chi connectivity index (χ3n) is 3.36. The maximum Gasteiger partial charge on any atom is 0.317 e. The highest BCUT2D eigenvalue weighted by Crippen LogP contribution is 2.19. The van der Waals surface area contributed by atoms with Crippen LogP contribution in [0.5, 0.6) is 0 Å². The molecule has 0 aromatic rings. The summed E-state index contributed by atoms with van der Waals surface area (Å²) in [6, 6.07) is -0.292. The van der Waals surface area contributed by atoms with E-state index in [1.54, 1.807) is 18.7 Å². The molecule has 0 aromatic heterocycles. The molecular weight excluding hydrogens is 264 g/mol. The average molecular weight is 286 g/mol. The van der Waals surface area contributed by atoms with Gasteiger partial charge in [0.05, 0.1) is 19.4 Å². The van der Waals surface area contributed by atoms with Gasteiger partial charge in [0.15, 0.2) is 0 Å². The van der Waals surface area contributed by atoms with E-state index < -0.39 is 11.5 Å².